The number of anilines is 2. The first kappa shape index (κ1) is 12.9. The first-order valence-corrected chi connectivity index (χ1v) is 6.09. The minimum atomic E-state index is 0.255. The molecule has 94 valence electrons. The summed E-state index contributed by atoms with van der Waals surface area (Å²) in [7, 11) is 0. The van der Waals surface area contributed by atoms with Gasteiger partial charge in [0.25, 0.3) is 0 Å². The van der Waals surface area contributed by atoms with Gasteiger partial charge in [-0.15, -0.1) is 0 Å². The molecule has 0 radical (unpaired) electrons. The third-order valence-electron chi connectivity index (χ3n) is 2.39. The van der Waals surface area contributed by atoms with E-state index in [9.17, 15) is 0 Å². The highest BCUT2D eigenvalue weighted by atomic mass is 35.5. The molecule has 0 fully saturated rings. The number of aromatic nitrogens is 2. The maximum atomic E-state index is 6.01. The number of hydrogen-bond donors (Lipinski definition) is 2. The summed E-state index contributed by atoms with van der Waals surface area (Å²) in [6.07, 6.45) is 1.80. The van der Waals surface area contributed by atoms with E-state index < -0.39 is 0 Å². The lowest BCUT2D eigenvalue weighted by Crippen LogP contribution is -2.04. The molecular formula is C12H12Cl2N4. The Hall–Kier alpha value is -1.52. The normalized spacial score (nSPS) is 10.4. The number of nitrogen functional groups attached to an aromatic ring is 1. The maximum absolute atomic E-state index is 6.01. The Labute approximate surface area is 115 Å². The van der Waals surface area contributed by atoms with E-state index in [2.05, 4.69) is 15.3 Å². The first-order chi connectivity index (χ1) is 8.56. The number of nitrogens with two attached hydrogens (primary N) is 1. The third-order valence-corrected chi connectivity index (χ3v) is 2.98. The van der Waals surface area contributed by atoms with E-state index in [4.69, 9.17) is 28.9 Å². The average molecular weight is 283 g/mol. The van der Waals surface area contributed by atoms with Gasteiger partial charge in [-0.2, -0.15) is 0 Å². The van der Waals surface area contributed by atoms with Crippen LogP contribution >= 0.6 is 23.2 Å². The topological polar surface area (TPSA) is 63.8 Å². The van der Waals surface area contributed by atoms with Crippen molar-refractivity contribution >= 4 is 34.8 Å². The summed E-state index contributed by atoms with van der Waals surface area (Å²) >= 11 is 11.8. The second-order valence-electron chi connectivity index (χ2n) is 3.85. The van der Waals surface area contributed by atoms with Gasteiger partial charge in [-0.1, -0.05) is 29.3 Å². The molecule has 0 atom stereocenters. The predicted molar refractivity (Wildman–Crippen MR) is 75.0 cm³/mol. The van der Waals surface area contributed by atoms with Crippen LogP contribution in [-0.2, 0) is 6.54 Å². The number of nitrogens with zero attached hydrogens (tertiary/aromatic N) is 2. The van der Waals surface area contributed by atoms with E-state index in [0.29, 0.717) is 22.4 Å². The zero-order valence-corrected chi connectivity index (χ0v) is 11.3. The Morgan fingerprint density at radius 1 is 1.28 bits per heavy atom. The van der Waals surface area contributed by atoms with Gasteiger partial charge in [0.05, 0.1) is 10.0 Å². The molecule has 0 spiro atoms. The average Bonchev–Trinajstić information content (AvgIpc) is 2.34. The van der Waals surface area contributed by atoms with E-state index in [1.807, 2.05) is 19.1 Å². The molecule has 3 N–H and O–H groups in total. The van der Waals surface area contributed by atoms with Crippen LogP contribution in [0.2, 0.25) is 10.0 Å². The smallest absolute Gasteiger partial charge is 0.147 e. The molecule has 6 heteroatoms. The quantitative estimate of drug-likeness (QED) is 0.907. The van der Waals surface area contributed by atoms with Crippen molar-refractivity contribution in [3.63, 3.8) is 0 Å². The predicted octanol–water partition coefficient (Wildman–Crippen LogP) is 3.29. The Balaban J connectivity index is 2.10. The van der Waals surface area contributed by atoms with Crippen molar-refractivity contribution < 1.29 is 0 Å². The van der Waals surface area contributed by atoms with Gasteiger partial charge in [-0.05, 0) is 24.6 Å². The standard InChI is InChI=1S/C12H12Cl2N4/c1-7-2-3-8(5-16-7)6-17-12-10(14)4-9(13)11(15)18-12/h2-5H,6H2,1H3,(H3,15,17,18). The SMILES string of the molecule is Cc1ccc(CNc2nc(N)c(Cl)cc2Cl)cn1. The zero-order valence-electron chi connectivity index (χ0n) is 9.74. The Kier molecular flexibility index (Phi) is 3.89. The van der Waals surface area contributed by atoms with Crippen LogP contribution in [-0.4, -0.2) is 9.97 Å². The van der Waals surface area contributed by atoms with Crippen molar-refractivity contribution in [2.45, 2.75) is 13.5 Å². The highest BCUT2D eigenvalue weighted by Gasteiger charge is 2.06. The lowest BCUT2D eigenvalue weighted by molar-refractivity contribution is 1.07. The molecule has 0 aliphatic heterocycles. The van der Waals surface area contributed by atoms with Crippen molar-refractivity contribution in [3.05, 3.63) is 45.7 Å². The fraction of sp³-hybridized carbons (Fsp3) is 0.167. The van der Waals surface area contributed by atoms with E-state index >= 15 is 0 Å². The molecule has 2 rings (SSSR count). The lowest BCUT2D eigenvalue weighted by Gasteiger charge is -2.09. The highest BCUT2D eigenvalue weighted by molar-refractivity contribution is 6.37. The molecule has 18 heavy (non-hydrogen) atoms. The molecule has 0 amide bonds. The van der Waals surface area contributed by atoms with Crippen molar-refractivity contribution in [2.24, 2.45) is 0 Å². The summed E-state index contributed by atoms with van der Waals surface area (Å²) in [5, 5.41) is 3.88. The first-order valence-electron chi connectivity index (χ1n) is 5.33. The monoisotopic (exact) mass is 282 g/mol. The van der Waals surface area contributed by atoms with Crippen molar-refractivity contribution in [1.82, 2.24) is 9.97 Å². The second kappa shape index (κ2) is 5.42. The number of pyridine rings is 2. The summed E-state index contributed by atoms with van der Waals surface area (Å²) in [5.74, 6) is 0.768. The van der Waals surface area contributed by atoms with Crippen molar-refractivity contribution in [1.29, 1.82) is 0 Å². The number of hydrogen-bond acceptors (Lipinski definition) is 4. The van der Waals surface area contributed by atoms with Gasteiger partial charge in [-0.3, -0.25) is 4.98 Å². The largest absolute Gasteiger partial charge is 0.382 e. The van der Waals surface area contributed by atoms with E-state index in [1.165, 1.54) is 0 Å². The highest BCUT2D eigenvalue weighted by Crippen LogP contribution is 2.27. The Morgan fingerprint density at radius 3 is 2.72 bits per heavy atom. The van der Waals surface area contributed by atoms with Gasteiger partial charge >= 0.3 is 0 Å². The minimum absolute atomic E-state index is 0.255. The fourth-order valence-corrected chi connectivity index (χ4v) is 1.82. The van der Waals surface area contributed by atoms with Crippen LogP contribution in [0.25, 0.3) is 0 Å². The van der Waals surface area contributed by atoms with Crippen LogP contribution in [0.1, 0.15) is 11.3 Å². The van der Waals surface area contributed by atoms with Crippen LogP contribution in [0, 0.1) is 6.92 Å². The molecule has 0 aliphatic carbocycles. The third kappa shape index (κ3) is 3.03. The molecule has 2 aromatic rings. The number of nitrogens with one attached hydrogen (secondary N) is 1. The molecule has 4 nitrogen and oxygen atoms in total. The van der Waals surface area contributed by atoms with Crippen LogP contribution in [0.5, 0.6) is 0 Å². The van der Waals surface area contributed by atoms with Crippen LogP contribution in [0.3, 0.4) is 0 Å². The van der Waals surface area contributed by atoms with Gasteiger partial charge in [0.15, 0.2) is 0 Å². The molecule has 0 unspecified atom stereocenters. The van der Waals surface area contributed by atoms with Gasteiger partial charge in [-0.25, -0.2) is 4.98 Å². The van der Waals surface area contributed by atoms with Crippen molar-refractivity contribution in [2.75, 3.05) is 11.1 Å². The van der Waals surface area contributed by atoms with Gasteiger partial charge in [0.1, 0.15) is 11.6 Å². The lowest BCUT2D eigenvalue weighted by atomic mass is 10.2. The Morgan fingerprint density at radius 2 is 2.06 bits per heavy atom. The molecular weight excluding hydrogens is 271 g/mol. The summed E-state index contributed by atoms with van der Waals surface area (Å²) in [5.41, 5.74) is 7.64. The summed E-state index contributed by atoms with van der Waals surface area (Å²) < 4.78 is 0. The van der Waals surface area contributed by atoms with Gasteiger partial charge < -0.3 is 11.1 Å². The zero-order chi connectivity index (χ0) is 13.1. The molecule has 0 aromatic carbocycles. The van der Waals surface area contributed by atoms with Gasteiger partial charge in [0.2, 0.25) is 0 Å². The summed E-state index contributed by atoms with van der Waals surface area (Å²) in [4.78, 5) is 8.29. The van der Waals surface area contributed by atoms with Crippen LogP contribution in [0.4, 0.5) is 11.6 Å². The maximum Gasteiger partial charge on any atom is 0.147 e. The summed E-state index contributed by atoms with van der Waals surface area (Å²) in [6.45, 7) is 2.51. The Bertz CT molecular complexity index is 555. The fourth-order valence-electron chi connectivity index (χ4n) is 1.39. The van der Waals surface area contributed by atoms with Crippen LogP contribution in [0.15, 0.2) is 24.4 Å². The molecule has 2 heterocycles. The summed E-state index contributed by atoms with van der Waals surface area (Å²) in [6, 6.07) is 5.51. The van der Waals surface area contributed by atoms with Gasteiger partial charge in [0, 0.05) is 18.4 Å². The number of rotatable bonds is 3. The minimum Gasteiger partial charge on any atom is -0.382 e. The molecule has 2 aromatic heterocycles. The number of aryl methyl sites for hydroxylation is 1. The molecule has 0 aliphatic rings. The molecule has 0 saturated heterocycles. The second-order valence-corrected chi connectivity index (χ2v) is 4.66. The number of halogens is 2. The van der Waals surface area contributed by atoms with E-state index in [-0.39, 0.29) is 5.82 Å². The van der Waals surface area contributed by atoms with E-state index in [0.717, 1.165) is 11.3 Å². The molecule has 0 saturated carbocycles. The van der Waals surface area contributed by atoms with Crippen molar-refractivity contribution in [3.8, 4) is 0 Å². The van der Waals surface area contributed by atoms with E-state index in [1.54, 1.807) is 12.3 Å². The molecule has 0 bridgehead atoms. The van der Waals surface area contributed by atoms with Crippen LogP contribution < -0.4 is 11.1 Å².